The minimum atomic E-state index is 0.776. The SMILES string of the molecule is COCCCNc1nc(SC)nc2sc3c(c12)CCCC3. The first-order chi connectivity index (χ1) is 10.3. The van der Waals surface area contributed by atoms with E-state index >= 15 is 0 Å². The molecule has 4 nitrogen and oxygen atoms in total. The normalized spacial score (nSPS) is 14.4. The molecule has 0 saturated heterocycles. The van der Waals surface area contributed by atoms with Crippen molar-refractivity contribution in [1.82, 2.24) is 9.97 Å². The Balaban J connectivity index is 1.96. The summed E-state index contributed by atoms with van der Waals surface area (Å²) in [6, 6.07) is 0. The molecule has 0 amide bonds. The predicted octanol–water partition coefficient (Wildman–Crippen LogP) is 3.74. The number of thiophene rings is 1. The maximum Gasteiger partial charge on any atom is 0.190 e. The second-order valence-electron chi connectivity index (χ2n) is 5.22. The molecule has 21 heavy (non-hydrogen) atoms. The van der Waals surface area contributed by atoms with E-state index in [4.69, 9.17) is 14.7 Å². The topological polar surface area (TPSA) is 47.0 Å². The lowest BCUT2D eigenvalue weighted by atomic mass is 9.97. The molecular weight excluding hydrogens is 302 g/mol. The molecular formula is C15H21N3OS2. The summed E-state index contributed by atoms with van der Waals surface area (Å²) in [7, 11) is 1.74. The van der Waals surface area contributed by atoms with Crippen molar-refractivity contribution in [3.63, 3.8) is 0 Å². The number of hydrogen-bond acceptors (Lipinski definition) is 6. The van der Waals surface area contributed by atoms with E-state index in [9.17, 15) is 0 Å². The summed E-state index contributed by atoms with van der Waals surface area (Å²) in [6.07, 6.45) is 7.98. The Labute approximate surface area is 133 Å². The van der Waals surface area contributed by atoms with E-state index in [1.807, 2.05) is 17.6 Å². The van der Waals surface area contributed by atoms with Crippen molar-refractivity contribution in [2.75, 3.05) is 31.8 Å². The molecule has 0 spiro atoms. The van der Waals surface area contributed by atoms with Gasteiger partial charge in [-0.1, -0.05) is 11.8 Å². The van der Waals surface area contributed by atoms with Gasteiger partial charge in [0.05, 0.1) is 5.39 Å². The fraction of sp³-hybridized carbons (Fsp3) is 0.600. The Morgan fingerprint density at radius 2 is 2.14 bits per heavy atom. The molecule has 114 valence electrons. The number of nitrogens with zero attached hydrogens (tertiary/aromatic N) is 2. The molecule has 1 aliphatic rings. The van der Waals surface area contributed by atoms with Gasteiger partial charge in [0.15, 0.2) is 5.16 Å². The summed E-state index contributed by atoms with van der Waals surface area (Å²) in [4.78, 5) is 12.1. The van der Waals surface area contributed by atoms with Crippen LogP contribution in [0.4, 0.5) is 5.82 Å². The van der Waals surface area contributed by atoms with Crippen molar-refractivity contribution >= 4 is 39.1 Å². The van der Waals surface area contributed by atoms with Crippen LogP contribution in [0.3, 0.4) is 0 Å². The molecule has 6 heteroatoms. The molecule has 0 saturated carbocycles. The Hall–Kier alpha value is -0.850. The molecule has 0 aromatic carbocycles. The Bertz CT molecular complexity index is 627. The van der Waals surface area contributed by atoms with E-state index in [0.29, 0.717) is 0 Å². The highest BCUT2D eigenvalue weighted by molar-refractivity contribution is 7.98. The summed E-state index contributed by atoms with van der Waals surface area (Å²) in [5.41, 5.74) is 1.49. The van der Waals surface area contributed by atoms with E-state index in [1.165, 1.54) is 41.5 Å². The summed E-state index contributed by atoms with van der Waals surface area (Å²) < 4.78 is 5.11. The van der Waals surface area contributed by atoms with E-state index in [2.05, 4.69) is 5.32 Å². The van der Waals surface area contributed by atoms with Crippen molar-refractivity contribution in [3.05, 3.63) is 10.4 Å². The molecule has 0 aliphatic heterocycles. The number of rotatable bonds is 6. The lowest BCUT2D eigenvalue weighted by Crippen LogP contribution is -2.08. The number of methoxy groups -OCH3 is 1. The van der Waals surface area contributed by atoms with E-state index in [-0.39, 0.29) is 0 Å². The highest BCUT2D eigenvalue weighted by Crippen LogP contribution is 2.39. The van der Waals surface area contributed by atoms with Crippen molar-refractivity contribution in [1.29, 1.82) is 0 Å². The number of thioether (sulfide) groups is 1. The first kappa shape index (κ1) is 15.1. The lowest BCUT2D eigenvalue weighted by molar-refractivity contribution is 0.198. The zero-order valence-electron chi connectivity index (χ0n) is 12.6. The van der Waals surface area contributed by atoms with Crippen LogP contribution in [0, 0.1) is 0 Å². The van der Waals surface area contributed by atoms with Crippen LogP contribution in [0.25, 0.3) is 10.2 Å². The fourth-order valence-corrected chi connectivity index (χ4v) is 4.46. The molecule has 0 atom stereocenters. The average molecular weight is 323 g/mol. The molecule has 0 unspecified atom stereocenters. The summed E-state index contributed by atoms with van der Waals surface area (Å²) in [6.45, 7) is 1.66. The molecule has 2 heterocycles. The first-order valence-electron chi connectivity index (χ1n) is 7.42. The van der Waals surface area contributed by atoms with Gasteiger partial charge in [-0.05, 0) is 43.9 Å². The Kier molecular flexibility index (Phi) is 4.98. The molecule has 0 fully saturated rings. The zero-order valence-corrected chi connectivity index (χ0v) is 14.2. The number of aryl methyl sites for hydroxylation is 2. The Morgan fingerprint density at radius 3 is 2.95 bits per heavy atom. The zero-order chi connectivity index (χ0) is 14.7. The van der Waals surface area contributed by atoms with Crippen LogP contribution < -0.4 is 5.32 Å². The molecule has 2 aromatic heterocycles. The second kappa shape index (κ2) is 6.94. The van der Waals surface area contributed by atoms with Crippen LogP contribution in [0.15, 0.2) is 5.16 Å². The predicted molar refractivity (Wildman–Crippen MR) is 90.8 cm³/mol. The monoisotopic (exact) mass is 323 g/mol. The van der Waals surface area contributed by atoms with Crippen LogP contribution in [0.1, 0.15) is 29.7 Å². The maximum atomic E-state index is 5.11. The lowest BCUT2D eigenvalue weighted by Gasteiger charge is -2.13. The third kappa shape index (κ3) is 3.17. The second-order valence-corrected chi connectivity index (χ2v) is 7.08. The third-order valence-electron chi connectivity index (χ3n) is 3.79. The number of nitrogens with one attached hydrogen (secondary N) is 1. The summed E-state index contributed by atoms with van der Waals surface area (Å²) >= 11 is 3.47. The maximum absolute atomic E-state index is 5.11. The van der Waals surface area contributed by atoms with E-state index < -0.39 is 0 Å². The van der Waals surface area contributed by atoms with E-state index in [0.717, 1.165) is 35.4 Å². The minimum Gasteiger partial charge on any atom is -0.385 e. The van der Waals surface area contributed by atoms with Crippen LogP contribution in [-0.4, -0.2) is 36.5 Å². The van der Waals surface area contributed by atoms with Gasteiger partial charge in [-0.2, -0.15) is 0 Å². The van der Waals surface area contributed by atoms with Gasteiger partial charge in [0.25, 0.3) is 0 Å². The molecule has 1 N–H and O–H groups in total. The van der Waals surface area contributed by atoms with Crippen LogP contribution in [0.5, 0.6) is 0 Å². The van der Waals surface area contributed by atoms with Gasteiger partial charge >= 0.3 is 0 Å². The molecule has 0 radical (unpaired) electrons. The Morgan fingerprint density at radius 1 is 1.29 bits per heavy atom. The summed E-state index contributed by atoms with van der Waals surface area (Å²) in [5, 5.41) is 5.62. The van der Waals surface area contributed by atoms with Crippen LogP contribution in [-0.2, 0) is 17.6 Å². The third-order valence-corrected chi connectivity index (χ3v) is 5.53. The number of ether oxygens (including phenoxy) is 1. The van der Waals surface area contributed by atoms with Gasteiger partial charge < -0.3 is 10.1 Å². The fourth-order valence-electron chi connectivity index (χ4n) is 2.78. The minimum absolute atomic E-state index is 0.776. The van der Waals surface area contributed by atoms with Gasteiger partial charge in [-0.3, -0.25) is 0 Å². The van der Waals surface area contributed by atoms with Crippen LogP contribution in [0.2, 0.25) is 0 Å². The first-order valence-corrected chi connectivity index (χ1v) is 9.46. The van der Waals surface area contributed by atoms with Gasteiger partial charge in [-0.15, -0.1) is 11.3 Å². The summed E-state index contributed by atoms with van der Waals surface area (Å²) in [5.74, 6) is 1.01. The van der Waals surface area contributed by atoms with Crippen molar-refractivity contribution < 1.29 is 4.74 Å². The van der Waals surface area contributed by atoms with Crippen molar-refractivity contribution in [2.24, 2.45) is 0 Å². The molecule has 3 rings (SSSR count). The van der Waals surface area contributed by atoms with Gasteiger partial charge in [0.2, 0.25) is 0 Å². The number of fused-ring (bicyclic) bond motifs is 3. The van der Waals surface area contributed by atoms with Gasteiger partial charge in [0, 0.05) is 25.1 Å². The molecule has 0 bridgehead atoms. The number of aromatic nitrogens is 2. The molecule has 1 aliphatic carbocycles. The van der Waals surface area contributed by atoms with Gasteiger partial charge in [-0.25, -0.2) is 9.97 Å². The largest absolute Gasteiger partial charge is 0.385 e. The van der Waals surface area contributed by atoms with Crippen molar-refractivity contribution in [2.45, 2.75) is 37.3 Å². The molecule has 2 aromatic rings. The number of anilines is 1. The quantitative estimate of drug-likeness (QED) is 0.498. The highest BCUT2D eigenvalue weighted by Gasteiger charge is 2.20. The number of hydrogen-bond donors (Lipinski definition) is 1. The van der Waals surface area contributed by atoms with E-state index in [1.54, 1.807) is 18.9 Å². The standard InChI is InChI=1S/C15H21N3OS2/c1-19-9-5-8-16-13-12-10-6-3-4-7-11(10)21-14(12)18-15(17-13)20-2/h3-9H2,1-2H3,(H,16,17,18). The van der Waals surface area contributed by atoms with Gasteiger partial charge in [0.1, 0.15) is 10.6 Å². The van der Waals surface area contributed by atoms with Crippen LogP contribution >= 0.6 is 23.1 Å². The average Bonchev–Trinajstić information content (AvgIpc) is 2.89. The van der Waals surface area contributed by atoms with Crippen molar-refractivity contribution in [3.8, 4) is 0 Å². The highest BCUT2D eigenvalue weighted by atomic mass is 32.2. The smallest absolute Gasteiger partial charge is 0.190 e.